The maximum Gasteiger partial charge on any atom is 0.243 e. The summed E-state index contributed by atoms with van der Waals surface area (Å²) in [5.41, 5.74) is 0. The van der Waals surface area contributed by atoms with Crippen LogP contribution in [0, 0.1) is 11.7 Å². The maximum absolute atomic E-state index is 14.3. The van der Waals surface area contributed by atoms with Crippen LogP contribution < -0.4 is 14.2 Å². The van der Waals surface area contributed by atoms with Crippen molar-refractivity contribution in [1.29, 1.82) is 0 Å². The average Bonchev–Trinajstić information content (AvgIpc) is 2.61. The Balaban J connectivity index is 2.19. The lowest BCUT2D eigenvalue weighted by molar-refractivity contribution is 0.00776. The van der Waals surface area contributed by atoms with Gasteiger partial charge in [-0.15, -0.1) is 0 Å². The van der Waals surface area contributed by atoms with Crippen molar-refractivity contribution >= 4 is 10.0 Å². The van der Waals surface area contributed by atoms with Crippen molar-refractivity contribution in [2.45, 2.75) is 24.8 Å². The fraction of sp³-hybridized carbons (Fsp3) is 0.647. The third kappa shape index (κ3) is 4.85. The zero-order valence-corrected chi connectivity index (χ0v) is 16.4. The number of hydrogen-bond acceptors (Lipinski definition) is 6. The summed E-state index contributed by atoms with van der Waals surface area (Å²) in [6.07, 6.45) is 0. The molecule has 7 nitrogen and oxygen atoms in total. The van der Waals surface area contributed by atoms with Gasteiger partial charge in [0.1, 0.15) is 10.7 Å². The van der Waals surface area contributed by atoms with Crippen LogP contribution in [0.2, 0.25) is 0 Å². The molecule has 0 spiro atoms. The summed E-state index contributed by atoms with van der Waals surface area (Å²) in [6, 6.07) is 2.14. The van der Waals surface area contributed by atoms with Crippen LogP contribution in [-0.4, -0.2) is 66.4 Å². The Morgan fingerprint density at radius 1 is 1.19 bits per heavy atom. The van der Waals surface area contributed by atoms with E-state index in [1.165, 1.54) is 14.2 Å². The molecule has 148 valence electrons. The monoisotopic (exact) mass is 390 g/mol. The van der Waals surface area contributed by atoms with Crippen LogP contribution >= 0.6 is 0 Å². The van der Waals surface area contributed by atoms with Gasteiger partial charge in [0.2, 0.25) is 10.0 Å². The van der Waals surface area contributed by atoms with E-state index >= 15 is 0 Å². The van der Waals surface area contributed by atoms with E-state index in [9.17, 15) is 12.8 Å². The number of methoxy groups -OCH3 is 2. The van der Waals surface area contributed by atoms with E-state index in [0.717, 1.165) is 25.2 Å². The van der Waals surface area contributed by atoms with Gasteiger partial charge in [-0.25, -0.2) is 17.5 Å². The van der Waals surface area contributed by atoms with Crippen LogP contribution in [0.15, 0.2) is 17.0 Å². The van der Waals surface area contributed by atoms with Gasteiger partial charge in [-0.2, -0.15) is 0 Å². The number of sulfonamides is 1. The van der Waals surface area contributed by atoms with Gasteiger partial charge in [-0.3, -0.25) is 4.90 Å². The summed E-state index contributed by atoms with van der Waals surface area (Å²) < 4.78 is 57.5. The van der Waals surface area contributed by atoms with Crippen LogP contribution in [0.25, 0.3) is 0 Å². The van der Waals surface area contributed by atoms with Gasteiger partial charge >= 0.3 is 0 Å². The average molecular weight is 390 g/mol. The van der Waals surface area contributed by atoms with Crippen molar-refractivity contribution in [1.82, 2.24) is 9.62 Å². The number of ether oxygens (including phenoxy) is 3. The van der Waals surface area contributed by atoms with Gasteiger partial charge in [-0.1, -0.05) is 13.8 Å². The third-order valence-corrected chi connectivity index (χ3v) is 5.93. The molecule has 0 bridgehead atoms. The SMILES string of the molecule is COc1cc(F)c(S(=O)(=O)NC[C@@H](C(C)C)N2CCOCC2)cc1OC. The first-order chi connectivity index (χ1) is 12.3. The molecule has 2 rings (SSSR count). The van der Waals surface area contributed by atoms with Crippen LogP contribution in [-0.2, 0) is 14.8 Å². The Morgan fingerprint density at radius 3 is 2.31 bits per heavy atom. The van der Waals surface area contributed by atoms with Crippen LogP contribution in [0.1, 0.15) is 13.8 Å². The van der Waals surface area contributed by atoms with Crippen molar-refractivity contribution in [2.24, 2.45) is 5.92 Å². The molecule has 0 unspecified atom stereocenters. The third-order valence-electron chi connectivity index (χ3n) is 4.49. The molecule has 0 saturated carbocycles. The first-order valence-electron chi connectivity index (χ1n) is 8.53. The van der Waals surface area contributed by atoms with E-state index < -0.39 is 20.7 Å². The standard InChI is InChI=1S/C17H27FN2O5S/c1-12(2)14(20-5-7-25-8-6-20)11-19-26(21,22)17-10-16(24-4)15(23-3)9-13(17)18/h9-10,12,14,19H,5-8,11H2,1-4H3/t14-/m0/s1. The minimum atomic E-state index is -4.03. The highest BCUT2D eigenvalue weighted by atomic mass is 32.2. The molecule has 1 aliphatic heterocycles. The zero-order valence-electron chi connectivity index (χ0n) is 15.6. The van der Waals surface area contributed by atoms with Crippen molar-refractivity contribution < 1.29 is 27.0 Å². The molecular weight excluding hydrogens is 363 g/mol. The Bertz CT molecular complexity index is 705. The number of morpholine rings is 1. The summed E-state index contributed by atoms with van der Waals surface area (Å²) in [5, 5.41) is 0. The number of nitrogens with zero attached hydrogens (tertiary/aromatic N) is 1. The molecule has 0 aromatic heterocycles. The second-order valence-corrected chi connectivity index (χ2v) is 8.18. The highest BCUT2D eigenvalue weighted by molar-refractivity contribution is 7.89. The molecule has 0 radical (unpaired) electrons. The quantitative estimate of drug-likeness (QED) is 0.725. The minimum Gasteiger partial charge on any atom is -0.493 e. The molecule has 0 aliphatic carbocycles. The molecule has 1 saturated heterocycles. The topological polar surface area (TPSA) is 77.1 Å². The lowest BCUT2D eigenvalue weighted by Gasteiger charge is -2.36. The lowest BCUT2D eigenvalue weighted by Crippen LogP contribution is -2.51. The number of nitrogens with one attached hydrogen (secondary N) is 1. The van der Waals surface area contributed by atoms with Gasteiger partial charge in [0, 0.05) is 37.8 Å². The Hall–Kier alpha value is -1.42. The molecule has 0 amide bonds. The number of rotatable bonds is 8. The van der Waals surface area contributed by atoms with Gasteiger partial charge in [0.05, 0.1) is 27.4 Å². The predicted octanol–water partition coefficient (Wildman–Crippen LogP) is 1.48. The Morgan fingerprint density at radius 2 is 1.77 bits per heavy atom. The first kappa shape index (κ1) is 20.9. The van der Waals surface area contributed by atoms with Crippen molar-refractivity contribution in [3.05, 3.63) is 17.9 Å². The van der Waals surface area contributed by atoms with E-state index in [4.69, 9.17) is 14.2 Å². The van der Waals surface area contributed by atoms with Gasteiger partial charge in [-0.05, 0) is 5.92 Å². The van der Waals surface area contributed by atoms with Crippen molar-refractivity contribution in [2.75, 3.05) is 47.1 Å². The first-order valence-corrected chi connectivity index (χ1v) is 10.0. The predicted molar refractivity (Wildman–Crippen MR) is 95.7 cm³/mol. The molecule has 26 heavy (non-hydrogen) atoms. The minimum absolute atomic E-state index is 0.00289. The fourth-order valence-electron chi connectivity index (χ4n) is 3.01. The molecule has 1 heterocycles. The smallest absolute Gasteiger partial charge is 0.243 e. The van der Waals surface area contributed by atoms with E-state index in [2.05, 4.69) is 9.62 Å². The summed E-state index contributed by atoms with van der Waals surface area (Å²) in [4.78, 5) is 1.74. The van der Waals surface area contributed by atoms with E-state index in [-0.39, 0.29) is 30.0 Å². The van der Waals surface area contributed by atoms with E-state index in [1.54, 1.807) is 0 Å². The summed E-state index contributed by atoms with van der Waals surface area (Å²) in [7, 11) is -1.31. The summed E-state index contributed by atoms with van der Waals surface area (Å²) in [5.74, 6) is -0.367. The molecule has 1 aromatic rings. The molecule has 9 heteroatoms. The molecular formula is C17H27FN2O5S. The van der Waals surface area contributed by atoms with E-state index in [0.29, 0.717) is 13.2 Å². The molecule has 1 aromatic carbocycles. The van der Waals surface area contributed by atoms with Crippen molar-refractivity contribution in [3.8, 4) is 11.5 Å². The normalized spacial score (nSPS) is 17.3. The lowest BCUT2D eigenvalue weighted by atomic mass is 10.0. The summed E-state index contributed by atoms with van der Waals surface area (Å²) in [6.45, 7) is 7.00. The fourth-order valence-corrected chi connectivity index (χ4v) is 4.13. The number of halogens is 1. The van der Waals surface area contributed by atoms with Gasteiger partial charge in [0.15, 0.2) is 11.5 Å². The van der Waals surface area contributed by atoms with Crippen LogP contribution in [0.5, 0.6) is 11.5 Å². The second-order valence-electron chi connectivity index (χ2n) is 6.45. The van der Waals surface area contributed by atoms with Crippen LogP contribution in [0.3, 0.4) is 0 Å². The zero-order chi connectivity index (χ0) is 19.3. The second kappa shape index (κ2) is 8.98. The van der Waals surface area contributed by atoms with E-state index in [1.807, 2.05) is 13.8 Å². The maximum atomic E-state index is 14.3. The Labute approximate surface area is 154 Å². The van der Waals surface area contributed by atoms with Crippen molar-refractivity contribution in [3.63, 3.8) is 0 Å². The van der Waals surface area contributed by atoms with Gasteiger partial charge in [0.25, 0.3) is 0 Å². The van der Waals surface area contributed by atoms with Gasteiger partial charge < -0.3 is 14.2 Å². The molecule has 1 fully saturated rings. The number of benzene rings is 1. The van der Waals surface area contributed by atoms with Crippen LogP contribution in [0.4, 0.5) is 4.39 Å². The summed E-state index contributed by atoms with van der Waals surface area (Å²) >= 11 is 0. The number of hydrogen-bond donors (Lipinski definition) is 1. The largest absolute Gasteiger partial charge is 0.493 e. The molecule has 1 atom stereocenters. The Kier molecular flexibility index (Phi) is 7.22. The molecule has 1 N–H and O–H groups in total. The molecule has 1 aliphatic rings. The highest BCUT2D eigenvalue weighted by Crippen LogP contribution is 2.31. The highest BCUT2D eigenvalue weighted by Gasteiger charge is 2.28.